The van der Waals surface area contributed by atoms with E-state index in [1.807, 2.05) is 24.3 Å². The molecule has 1 aliphatic rings. The summed E-state index contributed by atoms with van der Waals surface area (Å²) in [6.45, 7) is 0.214. The monoisotopic (exact) mass is 462 g/mol. The van der Waals surface area contributed by atoms with Gasteiger partial charge in [-0.25, -0.2) is 4.39 Å². The largest absolute Gasteiger partial charge is 0.354 e. The fraction of sp³-hybridized carbons (Fsp3) is 0.150. The van der Waals surface area contributed by atoms with Crippen LogP contribution < -0.4 is 5.32 Å². The van der Waals surface area contributed by atoms with Crippen molar-refractivity contribution in [2.24, 2.45) is 0 Å². The number of thioether (sulfide) groups is 1. The van der Waals surface area contributed by atoms with Crippen molar-refractivity contribution in [3.63, 3.8) is 0 Å². The van der Waals surface area contributed by atoms with Gasteiger partial charge in [-0.2, -0.15) is 0 Å². The standard InChI is InChI=1S/C20H16BrFN2O3S/c21-15-5-1-3-13(9-15)11-17-19(26)24(20(27)28-17)8-7-23-18(25)12-14-4-2-6-16(22)10-14/h1-6,9-11H,7-8,12H2,(H,23,25). The molecule has 1 saturated heterocycles. The van der Waals surface area contributed by atoms with Gasteiger partial charge in [0.15, 0.2) is 0 Å². The first kappa shape index (κ1) is 20.3. The Kier molecular flexibility index (Phi) is 6.64. The lowest BCUT2D eigenvalue weighted by molar-refractivity contribution is -0.124. The van der Waals surface area contributed by atoms with Crippen LogP contribution in [0, 0.1) is 5.82 Å². The van der Waals surface area contributed by atoms with Crippen LogP contribution >= 0.6 is 27.7 Å². The van der Waals surface area contributed by atoms with E-state index in [1.165, 1.54) is 18.2 Å². The second-order valence-electron chi connectivity index (χ2n) is 6.05. The average molecular weight is 463 g/mol. The number of carbonyl (C=O) groups is 3. The Balaban J connectivity index is 1.54. The third-order valence-corrected chi connectivity index (χ3v) is 5.33. The number of nitrogens with one attached hydrogen (secondary N) is 1. The van der Waals surface area contributed by atoms with Crippen LogP contribution in [-0.2, 0) is 16.0 Å². The van der Waals surface area contributed by atoms with Crippen molar-refractivity contribution in [1.82, 2.24) is 10.2 Å². The van der Waals surface area contributed by atoms with Crippen LogP contribution in [0.4, 0.5) is 9.18 Å². The molecule has 8 heteroatoms. The molecule has 28 heavy (non-hydrogen) atoms. The van der Waals surface area contributed by atoms with E-state index in [0.29, 0.717) is 10.5 Å². The molecule has 0 bridgehead atoms. The second-order valence-corrected chi connectivity index (χ2v) is 7.95. The first-order valence-electron chi connectivity index (χ1n) is 8.44. The van der Waals surface area contributed by atoms with Crippen LogP contribution in [0.5, 0.6) is 0 Å². The average Bonchev–Trinajstić information content (AvgIpc) is 2.89. The lowest BCUT2D eigenvalue weighted by Gasteiger charge is -2.13. The summed E-state index contributed by atoms with van der Waals surface area (Å²) in [5.74, 6) is -1.09. The van der Waals surface area contributed by atoms with E-state index in [0.717, 1.165) is 26.7 Å². The Morgan fingerprint density at radius 3 is 2.71 bits per heavy atom. The molecule has 0 atom stereocenters. The number of imide groups is 1. The minimum atomic E-state index is -0.402. The molecule has 0 radical (unpaired) electrons. The van der Waals surface area contributed by atoms with Gasteiger partial charge in [-0.1, -0.05) is 40.2 Å². The topological polar surface area (TPSA) is 66.5 Å². The molecular formula is C20H16BrFN2O3S. The van der Waals surface area contributed by atoms with E-state index in [4.69, 9.17) is 0 Å². The van der Waals surface area contributed by atoms with Gasteiger partial charge in [-0.05, 0) is 53.2 Å². The Morgan fingerprint density at radius 1 is 1.18 bits per heavy atom. The number of hydrogen-bond acceptors (Lipinski definition) is 4. The van der Waals surface area contributed by atoms with Gasteiger partial charge in [0.2, 0.25) is 5.91 Å². The summed E-state index contributed by atoms with van der Waals surface area (Å²) in [6.07, 6.45) is 1.70. The summed E-state index contributed by atoms with van der Waals surface area (Å²) in [6, 6.07) is 13.2. The van der Waals surface area contributed by atoms with Gasteiger partial charge in [-0.3, -0.25) is 19.3 Å². The number of rotatable bonds is 6. The molecule has 1 N–H and O–H groups in total. The molecule has 0 aliphatic carbocycles. The summed E-state index contributed by atoms with van der Waals surface area (Å²) in [4.78, 5) is 38.0. The second kappa shape index (κ2) is 9.16. The SMILES string of the molecule is O=C(Cc1cccc(F)c1)NCCN1C(=O)SC(=Cc2cccc(Br)c2)C1=O. The molecule has 1 fully saturated rings. The van der Waals surface area contributed by atoms with Gasteiger partial charge in [0, 0.05) is 17.6 Å². The Hall–Kier alpha value is -2.45. The first-order chi connectivity index (χ1) is 13.4. The van der Waals surface area contributed by atoms with Crippen LogP contribution in [-0.4, -0.2) is 35.0 Å². The van der Waals surface area contributed by atoms with E-state index in [2.05, 4.69) is 21.2 Å². The zero-order valence-electron chi connectivity index (χ0n) is 14.7. The number of amides is 3. The van der Waals surface area contributed by atoms with E-state index < -0.39 is 5.82 Å². The third kappa shape index (κ3) is 5.30. The Labute approximate surface area is 174 Å². The summed E-state index contributed by atoms with van der Waals surface area (Å²) in [7, 11) is 0. The van der Waals surface area contributed by atoms with Crippen molar-refractivity contribution >= 4 is 50.8 Å². The molecule has 5 nitrogen and oxygen atoms in total. The maximum Gasteiger partial charge on any atom is 0.293 e. The van der Waals surface area contributed by atoms with Crippen molar-refractivity contribution in [2.45, 2.75) is 6.42 Å². The summed E-state index contributed by atoms with van der Waals surface area (Å²) in [5.41, 5.74) is 1.36. The Bertz CT molecular complexity index is 964. The van der Waals surface area contributed by atoms with Crippen molar-refractivity contribution in [1.29, 1.82) is 0 Å². The highest BCUT2D eigenvalue weighted by molar-refractivity contribution is 9.10. The smallest absolute Gasteiger partial charge is 0.293 e. The van der Waals surface area contributed by atoms with Gasteiger partial charge in [0.05, 0.1) is 11.3 Å². The van der Waals surface area contributed by atoms with E-state index in [9.17, 15) is 18.8 Å². The molecule has 2 aromatic carbocycles. The first-order valence-corrected chi connectivity index (χ1v) is 10.1. The molecular weight excluding hydrogens is 447 g/mol. The van der Waals surface area contributed by atoms with Crippen molar-refractivity contribution in [3.05, 3.63) is 74.9 Å². The quantitative estimate of drug-likeness (QED) is 0.659. The lowest BCUT2D eigenvalue weighted by atomic mass is 10.1. The van der Waals surface area contributed by atoms with Crippen LogP contribution in [0.2, 0.25) is 0 Å². The molecule has 0 aromatic heterocycles. The van der Waals surface area contributed by atoms with Crippen LogP contribution in [0.25, 0.3) is 6.08 Å². The van der Waals surface area contributed by atoms with Crippen LogP contribution in [0.1, 0.15) is 11.1 Å². The van der Waals surface area contributed by atoms with E-state index >= 15 is 0 Å². The van der Waals surface area contributed by atoms with Gasteiger partial charge in [0.1, 0.15) is 5.82 Å². The maximum absolute atomic E-state index is 13.2. The number of benzene rings is 2. The highest BCUT2D eigenvalue weighted by Gasteiger charge is 2.34. The zero-order chi connectivity index (χ0) is 20.1. The van der Waals surface area contributed by atoms with Gasteiger partial charge < -0.3 is 5.32 Å². The normalized spacial score (nSPS) is 15.4. The highest BCUT2D eigenvalue weighted by atomic mass is 79.9. The van der Waals surface area contributed by atoms with E-state index in [1.54, 1.807) is 12.1 Å². The van der Waals surface area contributed by atoms with Crippen molar-refractivity contribution in [3.8, 4) is 0 Å². The number of nitrogens with zero attached hydrogens (tertiary/aromatic N) is 1. The fourth-order valence-electron chi connectivity index (χ4n) is 2.64. The maximum atomic E-state index is 13.2. The highest BCUT2D eigenvalue weighted by Crippen LogP contribution is 2.32. The molecule has 144 valence electrons. The molecule has 0 unspecified atom stereocenters. The van der Waals surface area contributed by atoms with Gasteiger partial charge >= 0.3 is 0 Å². The molecule has 1 heterocycles. The molecule has 0 saturated carbocycles. The zero-order valence-corrected chi connectivity index (χ0v) is 17.1. The number of carbonyl (C=O) groups excluding carboxylic acids is 3. The lowest BCUT2D eigenvalue weighted by Crippen LogP contribution is -2.37. The van der Waals surface area contributed by atoms with Gasteiger partial charge in [0.25, 0.3) is 11.1 Å². The summed E-state index contributed by atoms with van der Waals surface area (Å²) < 4.78 is 14.0. The predicted octanol–water partition coefficient (Wildman–Crippen LogP) is 3.98. The van der Waals surface area contributed by atoms with Crippen LogP contribution in [0.3, 0.4) is 0 Å². The minimum Gasteiger partial charge on any atom is -0.354 e. The van der Waals surface area contributed by atoms with Gasteiger partial charge in [-0.15, -0.1) is 0 Å². The van der Waals surface area contributed by atoms with Crippen molar-refractivity contribution < 1.29 is 18.8 Å². The van der Waals surface area contributed by atoms with Crippen molar-refractivity contribution in [2.75, 3.05) is 13.1 Å². The summed E-state index contributed by atoms with van der Waals surface area (Å²) in [5, 5.41) is 2.28. The molecule has 3 rings (SSSR count). The van der Waals surface area contributed by atoms with Crippen LogP contribution in [0.15, 0.2) is 57.9 Å². The molecule has 0 spiro atoms. The van der Waals surface area contributed by atoms with E-state index in [-0.39, 0.29) is 36.6 Å². The Morgan fingerprint density at radius 2 is 1.96 bits per heavy atom. The minimum absolute atomic E-state index is 0.0302. The third-order valence-electron chi connectivity index (χ3n) is 3.93. The summed E-state index contributed by atoms with van der Waals surface area (Å²) >= 11 is 4.24. The molecule has 1 aliphatic heterocycles. The number of hydrogen-bond donors (Lipinski definition) is 1. The fourth-order valence-corrected chi connectivity index (χ4v) is 3.92. The molecule has 3 amide bonds. The number of halogens is 2. The predicted molar refractivity (Wildman–Crippen MR) is 110 cm³/mol. The molecule has 2 aromatic rings.